The Morgan fingerprint density at radius 2 is 2.06 bits per heavy atom. The van der Waals surface area contributed by atoms with Crippen molar-refractivity contribution in [2.75, 3.05) is 14.2 Å². The highest BCUT2D eigenvalue weighted by Gasteiger charge is 2.14. The van der Waals surface area contributed by atoms with Crippen LogP contribution in [-0.2, 0) is 6.54 Å². The maximum absolute atomic E-state index is 5.61. The molecule has 18 heavy (non-hydrogen) atoms. The van der Waals surface area contributed by atoms with Crippen LogP contribution in [0.1, 0.15) is 10.4 Å². The molecule has 1 aromatic carbocycles. The van der Waals surface area contributed by atoms with Gasteiger partial charge in [-0.05, 0) is 36.7 Å². The average Bonchev–Trinajstić information content (AvgIpc) is 2.87. The van der Waals surface area contributed by atoms with E-state index in [9.17, 15) is 0 Å². The summed E-state index contributed by atoms with van der Waals surface area (Å²) >= 11 is 1.42. The lowest BCUT2D eigenvalue weighted by Crippen LogP contribution is -1.95. The molecule has 2 aromatic rings. The number of hydrogen-bond donors (Lipinski definition) is 1. The molecule has 0 spiro atoms. The first-order chi connectivity index (χ1) is 8.71. The number of aromatic nitrogens is 1. The van der Waals surface area contributed by atoms with Gasteiger partial charge in [-0.3, -0.25) is 0 Å². The van der Waals surface area contributed by atoms with Crippen LogP contribution in [0.5, 0.6) is 11.5 Å². The van der Waals surface area contributed by atoms with Crippen molar-refractivity contribution in [2.45, 2.75) is 13.5 Å². The molecule has 4 nitrogen and oxygen atoms in total. The van der Waals surface area contributed by atoms with E-state index in [1.165, 1.54) is 11.5 Å². The second-order valence-electron chi connectivity index (χ2n) is 3.86. The lowest BCUT2D eigenvalue weighted by atomic mass is 10.1. The fourth-order valence-corrected chi connectivity index (χ4v) is 2.50. The van der Waals surface area contributed by atoms with Gasteiger partial charge in [-0.15, -0.1) is 0 Å². The predicted octanol–water partition coefficient (Wildman–Crippen LogP) is 2.59. The first-order valence-corrected chi connectivity index (χ1v) is 6.36. The normalized spacial score (nSPS) is 10.4. The SMILES string of the molecule is COc1ccc(-c2cc(CN)sn2)c(OC)c1C. The van der Waals surface area contributed by atoms with Crippen LogP contribution in [-0.4, -0.2) is 18.6 Å². The molecule has 2 N–H and O–H groups in total. The molecular formula is C13H16N2O2S. The van der Waals surface area contributed by atoms with Crippen LogP contribution in [0.2, 0.25) is 0 Å². The van der Waals surface area contributed by atoms with E-state index in [1.807, 2.05) is 25.1 Å². The summed E-state index contributed by atoms with van der Waals surface area (Å²) in [5, 5.41) is 0. The van der Waals surface area contributed by atoms with Crippen LogP contribution < -0.4 is 15.2 Å². The Morgan fingerprint density at radius 1 is 1.28 bits per heavy atom. The second kappa shape index (κ2) is 5.37. The maximum Gasteiger partial charge on any atom is 0.134 e. The molecule has 0 atom stereocenters. The Bertz CT molecular complexity index is 552. The Morgan fingerprint density at radius 3 is 2.61 bits per heavy atom. The Kier molecular flexibility index (Phi) is 3.84. The van der Waals surface area contributed by atoms with Gasteiger partial charge in [0.15, 0.2) is 0 Å². The van der Waals surface area contributed by atoms with Crippen LogP contribution in [0.15, 0.2) is 18.2 Å². The van der Waals surface area contributed by atoms with Crippen LogP contribution in [0.25, 0.3) is 11.3 Å². The molecule has 0 unspecified atom stereocenters. The topological polar surface area (TPSA) is 57.4 Å². The van der Waals surface area contributed by atoms with E-state index in [1.54, 1.807) is 14.2 Å². The summed E-state index contributed by atoms with van der Waals surface area (Å²) in [5.74, 6) is 1.60. The molecule has 1 heterocycles. The van der Waals surface area contributed by atoms with E-state index in [2.05, 4.69) is 4.37 Å². The van der Waals surface area contributed by atoms with Gasteiger partial charge in [0.2, 0.25) is 0 Å². The Hall–Kier alpha value is -1.59. The first-order valence-electron chi connectivity index (χ1n) is 5.58. The molecule has 0 aliphatic heterocycles. The molecule has 0 saturated carbocycles. The van der Waals surface area contributed by atoms with Gasteiger partial charge >= 0.3 is 0 Å². The summed E-state index contributed by atoms with van der Waals surface area (Å²) in [6, 6.07) is 5.88. The molecule has 0 aliphatic rings. The van der Waals surface area contributed by atoms with E-state index in [0.717, 1.165) is 33.2 Å². The number of nitrogens with zero attached hydrogens (tertiary/aromatic N) is 1. The third-order valence-corrected chi connectivity index (χ3v) is 3.62. The number of nitrogens with two attached hydrogens (primary N) is 1. The number of hydrogen-bond acceptors (Lipinski definition) is 5. The summed E-state index contributed by atoms with van der Waals surface area (Å²) in [6.07, 6.45) is 0. The predicted molar refractivity (Wildman–Crippen MR) is 73.3 cm³/mol. The standard InChI is InChI=1S/C13H16N2O2S/c1-8-12(16-2)5-4-10(13(8)17-3)11-6-9(7-14)18-15-11/h4-6H,7,14H2,1-3H3. The second-order valence-corrected chi connectivity index (χ2v) is 4.75. The first kappa shape index (κ1) is 12.9. The highest BCUT2D eigenvalue weighted by molar-refractivity contribution is 7.06. The van der Waals surface area contributed by atoms with Crippen molar-refractivity contribution in [3.05, 3.63) is 28.6 Å². The van der Waals surface area contributed by atoms with Crippen LogP contribution in [0.3, 0.4) is 0 Å². The lowest BCUT2D eigenvalue weighted by Gasteiger charge is -2.13. The summed E-state index contributed by atoms with van der Waals surface area (Å²) in [5.41, 5.74) is 8.43. The molecule has 96 valence electrons. The molecule has 0 radical (unpaired) electrons. The largest absolute Gasteiger partial charge is 0.496 e. The zero-order valence-electron chi connectivity index (χ0n) is 10.7. The Balaban J connectivity index is 2.53. The van der Waals surface area contributed by atoms with E-state index >= 15 is 0 Å². The fraction of sp³-hybridized carbons (Fsp3) is 0.308. The Labute approximate surface area is 111 Å². The van der Waals surface area contributed by atoms with E-state index in [-0.39, 0.29) is 0 Å². The molecule has 0 amide bonds. The van der Waals surface area contributed by atoms with Crippen LogP contribution >= 0.6 is 11.5 Å². The monoisotopic (exact) mass is 264 g/mol. The minimum Gasteiger partial charge on any atom is -0.496 e. The number of methoxy groups -OCH3 is 2. The summed E-state index contributed by atoms with van der Waals surface area (Å²) in [4.78, 5) is 1.06. The van der Waals surface area contributed by atoms with Crippen molar-refractivity contribution >= 4 is 11.5 Å². The highest BCUT2D eigenvalue weighted by atomic mass is 32.1. The van der Waals surface area contributed by atoms with Crippen molar-refractivity contribution < 1.29 is 9.47 Å². The third-order valence-electron chi connectivity index (χ3n) is 2.82. The quantitative estimate of drug-likeness (QED) is 0.922. The van der Waals surface area contributed by atoms with Gasteiger partial charge in [-0.1, -0.05) is 0 Å². The third kappa shape index (κ3) is 2.19. The van der Waals surface area contributed by atoms with Gasteiger partial charge in [0, 0.05) is 22.5 Å². The van der Waals surface area contributed by atoms with Crippen LogP contribution in [0.4, 0.5) is 0 Å². The molecule has 0 fully saturated rings. The van der Waals surface area contributed by atoms with Gasteiger partial charge < -0.3 is 15.2 Å². The molecule has 2 rings (SSSR count). The highest BCUT2D eigenvalue weighted by Crippen LogP contribution is 2.37. The van der Waals surface area contributed by atoms with Gasteiger partial charge in [-0.2, -0.15) is 4.37 Å². The van der Waals surface area contributed by atoms with Crippen LogP contribution in [0, 0.1) is 6.92 Å². The van der Waals surface area contributed by atoms with Crippen molar-refractivity contribution in [3.63, 3.8) is 0 Å². The van der Waals surface area contributed by atoms with Crippen molar-refractivity contribution in [2.24, 2.45) is 5.73 Å². The van der Waals surface area contributed by atoms with Gasteiger partial charge in [0.25, 0.3) is 0 Å². The summed E-state index contributed by atoms with van der Waals surface area (Å²) in [6.45, 7) is 2.48. The number of benzene rings is 1. The molecule has 0 aliphatic carbocycles. The molecule has 5 heteroatoms. The molecule has 1 aromatic heterocycles. The zero-order chi connectivity index (χ0) is 13.1. The van der Waals surface area contributed by atoms with Crippen molar-refractivity contribution in [1.29, 1.82) is 0 Å². The smallest absolute Gasteiger partial charge is 0.134 e. The van der Waals surface area contributed by atoms with Crippen molar-refractivity contribution in [1.82, 2.24) is 4.37 Å². The minimum atomic E-state index is 0.509. The van der Waals surface area contributed by atoms with Gasteiger partial charge in [-0.25, -0.2) is 0 Å². The summed E-state index contributed by atoms with van der Waals surface area (Å²) < 4.78 is 15.2. The lowest BCUT2D eigenvalue weighted by molar-refractivity contribution is 0.390. The molecular weight excluding hydrogens is 248 g/mol. The van der Waals surface area contributed by atoms with Gasteiger partial charge in [0.05, 0.1) is 19.9 Å². The molecule has 0 saturated heterocycles. The van der Waals surface area contributed by atoms with Gasteiger partial charge in [0.1, 0.15) is 11.5 Å². The zero-order valence-corrected chi connectivity index (χ0v) is 11.5. The maximum atomic E-state index is 5.61. The minimum absolute atomic E-state index is 0.509. The van der Waals surface area contributed by atoms with E-state index in [4.69, 9.17) is 15.2 Å². The summed E-state index contributed by atoms with van der Waals surface area (Å²) in [7, 11) is 3.30. The van der Waals surface area contributed by atoms with Crippen molar-refractivity contribution in [3.8, 4) is 22.8 Å². The average molecular weight is 264 g/mol. The number of rotatable bonds is 4. The fourth-order valence-electron chi connectivity index (χ4n) is 1.90. The number of ether oxygens (including phenoxy) is 2. The van der Waals surface area contributed by atoms with E-state index < -0.39 is 0 Å². The van der Waals surface area contributed by atoms with E-state index in [0.29, 0.717) is 6.54 Å². The molecule has 0 bridgehead atoms.